The zero-order chi connectivity index (χ0) is 18.4. The molecule has 0 fully saturated rings. The second-order valence-corrected chi connectivity index (χ2v) is 7.04. The van der Waals surface area contributed by atoms with Crippen LogP contribution < -0.4 is 15.5 Å². The number of anilines is 2. The minimum atomic E-state index is -0.265. The molecule has 0 spiro atoms. The number of likely N-dealkylation sites (N-methyl/N-ethyl adjacent to an activating group) is 1. The largest absolute Gasteiger partial charge is 0.322 e. The van der Waals surface area contributed by atoms with Gasteiger partial charge in [-0.2, -0.15) is 5.26 Å². The number of thiophene rings is 1. The maximum atomic E-state index is 12.0. The number of carbonyl (C=O) groups excluding carboxylic acids is 2. The van der Waals surface area contributed by atoms with Gasteiger partial charge in [-0.1, -0.05) is 23.2 Å². The zero-order valence-electron chi connectivity index (χ0n) is 13.2. The van der Waals surface area contributed by atoms with Gasteiger partial charge in [0.1, 0.15) is 11.1 Å². The van der Waals surface area contributed by atoms with Crippen LogP contribution >= 0.6 is 34.5 Å². The van der Waals surface area contributed by atoms with Crippen molar-refractivity contribution in [2.24, 2.45) is 0 Å². The number of benzene rings is 1. The molecule has 0 saturated carbocycles. The summed E-state index contributed by atoms with van der Waals surface area (Å²) in [4.78, 5) is 24.7. The van der Waals surface area contributed by atoms with Crippen molar-refractivity contribution in [2.75, 3.05) is 30.8 Å². The molecule has 1 aromatic carbocycles. The van der Waals surface area contributed by atoms with Gasteiger partial charge in [0.05, 0.1) is 22.7 Å². The molecule has 3 N–H and O–H groups in total. The van der Waals surface area contributed by atoms with Crippen molar-refractivity contribution in [1.82, 2.24) is 0 Å². The number of nitrogens with one attached hydrogen (secondary N) is 3. The van der Waals surface area contributed by atoms with Crippen LogP contribution in [0.25, 0.3) is 0 Å². The predicted molar refractivity (Wildman–Crippen MR) is 99.4 cm³/mol. The van der Waals surface area contributed by atoms with Crippen molar-refractivity contribution in [3.8, 4) is 6.07 Å². The third-order valence-electron chi connectivity index (χ3n) is 3.17. The fourth-order valence-electron chi connectivity index (χ4n) is 2.05. The van der Waals surface area contributed by atoms with Crippen molar-refractivity contribution in [3.05, 3.63) is 45.3 Å². The molecule has 0 aliphatic carbocycles. The van der Waals surface area contributed by atoms with Crippen LogP contribution in [0.5, 0.6) is 0 Å². The molecule has 0 radical (unpaired) electrons. The highest BCUT2D eigenvalue weighted by Crippen LogP contribution is 2.24. The third kappa shape index (κ3) is 5.73. The molecule has 1 atom stereocenters. The first-order valence-electron chi connectivity index (χ1n) is 7.22. The van der Waals surface area contributed by atoms with Crippen LogP contribution in [-0.4, -0.2) is 32.0 Å². The molecule has 9 heteroatoms. The first-order valence-corrected chi connectivity index (χ1v) is 8.86. The Kier molecular flexibility index (Phi) is 6.79. The first-order chi connectivity index (χ1) is 11.9. The van der Waals surface area contributed by atoms with E-state index < -0.39 is 0 Å². The number of amides is 2. The number of nitrogens with zero attached hydrogens (tertiary/aromatic N) is 1. The monoisotopic (exact) mass is 397 g/mol. The normalized spacial score (nSPS) is 11.4. The molecule has 2 rings (SSSR count). The summed E-state index contributed by atoms with van der Waals surface area (Å²) in [6.07, 6.45) is 0. The fourth-order valence-corrected chi connectivity index (χ4v) is 3.11. The summed E-state index contributed by atoms with van der Waals surface area (Å²) in [7, 11) is 1.73. The summed E-state index contributed by atoms with van der Waals surface area (Å²) in [5, 5.41) is 17.3. The van der Waals surface area contributed by atoms with Gasteiger partial charge in [-0.3, -0.25) is 9.59 Å². The average Bonchev–Trinajstić information content (AvgIpc) is 2.97. The van der Waals surface area contributed by atoms with Crippen LogP contribution in [0.2, 0.25) is 10.0 Å². The van der Waals surface area contributed by atoms with Gasteiger partial charge < -0.3 is 15.5 Å². The number of halogens is 2. The van der Waals surface area contributed by atoms with Crippen molar-refractivity contribution in [2.45, 2.75) is 0 Å². The molecule has 1 unspecified atom stereocenters. The van der Waals surface area contributed by atoms with E-state index in [1.807, 2.05) is 6.07 Å². The van der Waals surface area contributed by atoms with Gasteiger partial charge in [0.2, 0.25) is 0 Å². The highest BCUT2D eigenvalue weighted by atomic mass is 35.5. The van der Waals surface area contributed by atoms with Crippen LogP contribution in [0, 0.1) is 11.3 Å². The lowest BCUT2D eigenvalue weighted by Crippen LogP contribution is -3.11. The van der Waals surface area contributed by atoms with E-state index in [1.54, 1.807) is 36.7 Å². The minimum Gasteiger partial charge on any atom is -0.322 e. The molecule has 0 aliphatic heterocycles. The quantitative estimate of drug-likeness (QED) is 0.696. The van der Waals surface area contributed by atoms with Gasteiger partial charge in [0.25, 0.3) is 11.8 Å². The second kappa shape index (κ2) is 8.83. The van der Waals surface area contributed by atoms with Crippen LogP contribution in [0.15, 0.2) is 29.6 Å². The standard InChI is InChI=1S/C16H14Cl2N4O2S/c1-22(9-15(24)21-16-10(7-19)4-5-25-16)8-14(23)20-11-2-3-12(17)13(18)6-11/h2-6H,8-9H2,1H3,(H,20,23)(H,21,24)/p+1. The van der Waals surface area contributed by atoms with E-state index in [0.717, 1.165) is 0 Å². The second-order valence-electron chi connectivity index (χ2n) is 5.31. The number of hydrogen-bond acceptors (Lipinski definition) is 4. The number of carbonyl (C=O) groups is 2. The van der Waals surface area contributed by atoms with Gasteiger partial charge in [0, 0.05) is 5.69 Å². The summed E-state index contributed by atoms with van der Waals surface area (Å²) < 4.78 is 0. The van der Waals surface area contributed by atoms with Gasteiger partial charge in [0.15, 0.2) is 13.1 Å². The Balaban J connectivity index is 1.83. The lowest BCUT2D eigenvalue weighted by Gasteiger charge is -2.13. The summed E-state index contributed by atoms with van der Waals surface area (Å²) in [5.41, 5.74) is 0.960. The number of quaternary nitrogens is 1. The van der Waals surface area contributed by atoms with Crippen LogP contribution in [-0.2, 0) is 9.59 Å². The maximum Gasteiger partial charge on any atom is 0.280 e. The lowest BCUT2D eigenvalue weighted by molar-refractivity contribution is -0.862. The van der Waals surface area contributed by atoms with E-state index in [2.05, 4.69) is 10.6 Å². The van der Waals surface area contributed by atoms with Gasteiger partial charge in [-0.05, 0) is 29.6 Å². The Morgan fingerprint density at radius 1 is 1.16 bits per heavy atom. The molecular formula is C16H15Cl2N4O2S+. The molecule has 130 valence electrons. The Labute approximate surface area is 159 Å². The lowest BCUT2D eigenvalue weighted by atomic mass is 10.3. The number of rotatable bonds is 6. The molecule has 6 nitrogen and oxygen atoms in total. The number of nitriles is 1. The van der Waals surface area contributed by atoms with E-state index >= 15 is 0 Å². The summed E-state index contributed by atoms with van der Waals surface area (Å²) in [6.45, 7) is 0.195. The number of hydrogen-bond donors (Lipinski definition) is 3. The van der Waals surface area contributed by atoms with Crippen molar-refractivity contribution in [1.29, 1.82) is 5.26 Å². The minimum absolute atomic E-state index is 0.0948. The maximum absolute atomic E-state index is 12.0. The Morgan fingerprint density at radius 2 is 1.84 bits per heavy atom. The smallest absolute Gasteiger partial charge is 0.280 e. The molecule has 1 heterocycles. The predicted octanol–water partition coefficient (Wildman–Crippen LogP) is 2.02. The highest BCUT2D eigenvalue weighted by Gasteiger charge is 2.16. The molecule has 0 saturated heterocycles. The highest BCUT2D eigenvalue weighted by molar-refractivity contribution is 7.14. The Bertz CT molecular complexity index is 832. The SMILES string of the molecule is C[NH+](CC(=O)Nc1ccc(Cl)c(Cl)c1)CC(=O)Nc1sccc1C#N. The molecule has 25 heavy (non-hydrogen) atoms. The summed E-state index contributed by atoms with van der Waals surface area (Å²) in [6, 6.07) is 8.45. The third-order valence-corrected chi connectivity index (χ3v) is 4.74. The van der Waals surface area contributed by atoms with Crippen molar-refractivity contribution in [3.63, 3.8) is 0 Å². The van der Waals surface area contributed by atoms with Gasteiger partial charge in [-0.25, -0.2) is 0 Å². The van der Waals surface area contributed by atoms with Gasteiger partial charge in [-0.15, -0.1) is 11.3 Å². The van der Waals surface area contributed by atoms with E-state index in [9.17, 15) is 9.59 Å². The van der Waals surface area contributed by atoms with Crippen LogP contribution in [0.3, 0.4) is 0 Å². The summed E-state index contributed by atoms with van der Waals surface area (Å²) >= 11 is 13.0. The molecular weight excluding hydrogens is 383 g/mol. The molecule has 0 bridgehead atoms. The molecule has 2 aromatic rings. The van der Waals surface area contributed by atoms with Gasteiger partial charge >= 0.3 is 0 Å². The van der Waals surface area contributed by atoms with Crippen LogP contribution in [0.4, 0.5) is 10.7 Å². The summed E-state index contributed by atoms with van der Waals surface area (Å²) in [5.74, 6) is -0.517. The van der Waals surface area contributed by atoms with E-state index in [-0.39, 0.29) is 24.9 Å². The van der Waals surface area contributed by atoms with E-state index in [1.165, 1.54) is 11.3 Å². The Hall–Kier alpha value is -2.11. The first kappa shape index (κ1) is 19.2. The molecule has 1 aromatic heterocycles. The Morgan fingerprint density at radius 3 is 2.48 bits per heavy atom. The zero-order valence-corrected chi connectivity index (χ0v) is 15.6. The molecule has 2 amide bonds. The van der Waals surface area contributed by atoms with Crippen molar-refractivity contribution >= 4 is 57.0 Å². The van der Waals surface area contributed by atoms with E-state index in [0.29, 0.717) is 31.2 Å². The average molecular weight is 398 g/mol. The molecule has 0 aliphatic rings. The van der Waals surface area contributed by atoms with Crippen molar-refractivity contribution < 1.29 is 14.5 Å². The topological polar surface area (TPSA) is 86.4 Å². The fraction of sp³-hybridized carbons (Fsp3) is 0.188. The van der Waals surface area contributed by atoms with Crippen LogP contribution in [0.1, 0.15) is 5.56 Å². The van der Waals surface area contributed by atoms with E-state index in [4.69, 9.17) is 28.5 Å².